The summed E-state index contributed by atoms with van der Waals surface area (Å²) in [5, 5.41) is 9.93. The number of benzene rings is 1. The summed E-state index contributed by atoms with van der Waals surface area (Å²) >= 11 is 0. The van der Waals surface area contributed by atoms with Crippen molar-refractivity contribution in [2.75, 3.05) is 19.8 Å². The van der Waals surface area contributed by atoms with Crippen molar-refractivity contribution < 1.29 is 24.2 Å². The number of phenolic OH excluding ortho intramolecular Hbond substituents is 1. The average Bonchev–Trinajstić information content (AvgIpc) is 2.64. The molecule has 0 fully saturated rings. The van der Waals surface area contributed by atoms with Gasteiger partial charge in [-0.05, 0) is 44.4 Å². The molecule has 0 saturated heterocycles. The maximum absolute atomic E-state index is 12.9. The highest BCUT2D eigenvalue weighted by molar-refractivity contribution is 6.08. The molecule has 0 saturated carbocycles. The normalized spacial score (nSPS) is 22.3. The predicted octanol–water partition coefficient (Wildman–Crippen LogP) is 3.15. The molecule has 0 radical (unpaired) electrons. The van der Waals surface area contributed by atoms with Crippen LogP contribution >= 0.6 is 0 Å². The van der Waals surface area contributed by atoms with Crippen LogP contribution in [0.5, 0.6) is 5.75 Å². The summed E-state index contributed by atoms with van der Waals surface area (Å²) < 4.78 is 10.6. The van der Waals surface area contributed by atoms with Gasteiger partial charge in [0.15, 0.2) is 5.78 Å². The fourth-order valence-electron chi connectivity index (χ4n) is 3.83. The summed E-state index contributed by atoms with van der Waals surface area (Å²) in [6.07, 6.45) is 1.94. The first-order chi connectivity index (χ1) is 13.0. The largest absolute Gasteiger partial charge is 0.508 e. The number of phenols is 1. The number of nitrogens with zero attached hydrogens (tertiary/aromatic N) is 1. The number of aliphatic imine (C=N–C) groups is 1. The second kappa shape index (κ2) is 8.48. The van der Waals surface area contributed by atoms with Gasteiger partial charge in [0.1, 0.15) is 18.3 Å². The van der Waals surface area contributed by atoms with E-state index in [1.54, 1.807) is 25.1 Å². The fourth-order valence-corrected chi connectivity index (χ4v) is 3.83. The maximum Gasteiger partial charge on any atom is 0.315 e. The number of aromatic hydroxyl groups is 1. The van der Waals surface area contributed by atoms with Crippen LogP contribution in [0.1, 0.15) is 44.6 Å². The number of ether oxygens (including phenoxy) is 2. The van der Waals surface area contributed by atoms with Gasteiger partial charge in [-0.3, -0.25) is 14.6 Å². The Hall–Kier alpha value is -2.47. The molecule has 0 amide bonds. The Bertz CT molecular complexity index is 796. The van der Waals surface area contributed by atoms with Crippen molar-refractivity contribution in [2.24, 2.45) is 10.9 Å². The van der Waals surface area contributed by atoms with E-state index in [9.17, 15) is 14.7 Å². The highest BCUT2D eigenvalue weighted by Crippen LogP contribution is 2.44. The first-order valence-corrected chi connectivity index (χ1v) is 9.37. The number of allylic oxidation sites excluding steroid dienone is 2. The first-order valence-electron chi connectivity index (χ1n) is 9.37. The second-order valence-electron chi connectivity index (χ2n) is 6.81. The second-order valence-corrected chi connectivity index (χ2v) is 6.81. The molecular formula is C21H25NO5. The van der Waals surface area contributed by atoms with E-state index in [0.717, 1.165) is 24.1 Å². The molecule has 1 aromatic rings. The Labute approximate surface area is 158 Å². The number of carbonyl (C=O) groups is 2. The van der Waals surface area contributed by atoms with Gasteiger partial charge >= 0.3 is 5.97 Å². The molecule has 1 heterocycles. The maximum atomic E-state index is 12.9. The van der Waals surface area contributed by atoms with Crippen LogP contribution in [0, 0.1) is 5.92 Å². The lowest BCUT2D eigenvalue weighted by atomic mass is 9.72. The van der Waals surface area contributed by atoms with Crippen LogP contribution in [0.4, 0.5) is 0 Å². The molecule has 1 aliphatic carbocycles. The van der Waals surface area contributed by atoms with Gasteiger partial charge in [0.25, 0.3) is 0 Å². The molecule has 1 N–H and O–H groups in total. The molecule has 3 rings (SSSR count). The standard InChI is InChI=1S/C21H25NO5/c1-3-26-10-11-27-21(25)18-13(2)22-16-8-5-9-17(24)20(16)19(18)14-6-4-7-15(23)12-14/h4,6-7,12,18-19,23H,3,5,8-11H2,1-2H3/t18?,19-/m1/s1. The van der Waals surface area contributed by atoms with E-state index >= 15 is 0 Å². The van der Waals surface area contributed by atoms with Gasteiger partial charge in [-0.2, -0.15) is 0 Å². The zero-order valence-corrected chi connectivity index (χ0v) is 15.7. The molecule has 27 heavy (non-hydrogen) atoms. The number of carbonyl (C=O) groups excluding carboxylic acids is 2. The average molecular weight is 371 g/mol. The highest BCUT2D eigenvalue weighted by atomic mass is 16.6. The number of hydrogen-bond acceptors (Lipinski definition) is 6. The van der Waals surface area contributed by atoms with Crippen molar-refractivity contribution in [1.82, 2.24) is 0 Å². The van der Waals surface area contributed by atoms with Gasteiger partial charge in [0.2, 0.25) is 0 Å². The Morgan fingerprint density at radius 1 is 1.30 bits per heavy atom. The molecule has 1 unspecified atom stereocenters. The van der Waals surface area contributed by atoms with Crippen LogP contribution in [-0.4, -0.2) is 42.4 Å². The minimum absolute atomic E-state index is 0.0213. The van der Waals surface area contributed by atoms with Crippen LogP contribution in [-0.2, 0) is 19.1 Å². The molecule has 6 heteroatoms. The topological polar surface area (TPSA) is 85.2 Å². The molecule has 2 atom stereocenters. The van der Waals surface area contributed by atoms with Gasteiger partial charge in [0, 0.05) is 35.9 Å². The number of esters is 1. The molecule has 2 aliphatic rings. The van der Waals surface area contributed by atoms with Crippen molar-refractivity contribution in [1.29, 1.82) is 0 Å². The van der Waals surface area contributed by atoms with Crippen molar-refractivity contribution in [3.63, 3.8) is 0 Å². The van der Waals surface area contributed by atoms with Crippen LogP contribution in [0.2, 0.25) is 0 Å². The number of hydrogen-bond donors (Lipinski definition) is 1. The Morgan fingerprint density at radius 3 is 2.85 bits per heavy atom. The monoisotopic (exact) mass is 371 g/mol. The van der Waals surface area contributed by atoms with Gasteiger partial charge in [-0.25, -0.2) is 0 Å². The first kappa shape index (κ1) is 19.3. The summed E-state index contributed by atoms with van der Waals surface area (Å²) in [5.74, 6) is -1.48. The van der Waals surface area contributed by atoms with E-state index in [0.29, 0.717) is 30.9 Å². The van der Waals surface area contributed by atoms with E-state index in [-0.39, 0.29) is 18.1 Å². The molecule has 0 spiro atoms. The van der Waals surface area contributed by atoms with E-state index in [1.807, 2.05) is 13.0 Å². The lowest BCUT2D eigenvalue weighted by Gasteiger charge is -2.34. The van der Waals surface area contributed by atoms with E-state index in [4.69, 9.17) is 9.47 Å². The molecule has 144 valence electrons. The van der Waals surface area contributed by atoms with Gasteiger partial charge < -0.3 is 14.6 Å². The van der Waals surface area contributed by atoms with E-state index in [2.05, 4.69) is 4.99 Å². The summed E-state index contributed by atoms with van der Waals surface area (Å²) in [7, 11) is 0. The third-order valence-electron chi connectivity index (χ3n) is 4.99. The number of ketones is 1. The summed E-state index contributed by atoms with van der Waals surface area (Å²) in [6.45, 7) is 4.71. The summed E-state index contributed by atoms with van der Waals surface area (Å²) in [4.78, 5) is 30.2. The minimum atomic E-state index is -0.686. The van der Waals surface area contributed by atoms with Crippen molar-refractivity contribution in [3.05, 3.63) is 41.1 Å². The lowest BCUT2D eigenvalue weighted by Crippen LogP contribution is -2.37. The molecular weight excluding hydrogens is 346 g/mol. The quantitative estimate of drug-likeness (QED) is 0.613. The zero-order chi connectivity index (χ0) is 19.4. The summed E-state index contributed by atoms with van der Waals surface area (Å²) in [5.41, 5.74) is 2.71. The third kappa shape index (κ3) is 4.11. The van der Waals surface area contributed by atoms with Crippen molar-refractivity contribution in [3.8, 4) is 5.75 Å². The number of Topliss-reactive ketones (excluding diaryl/α,β-unsaturated/α-hetero) is 1. The molecule has 1 aliphatic heterocycles. The van der Waals surface area contributed by atoms with E-state index in [1.165, 1.54) is 0 Å². The van der Waals surface area contributed by atoms with Gasteiger partial charge in [-0.1, -0.05) is 12.1 Å². The van der Waals surface area contributed by atoms with Crippen molar-refractivity contribution in [2.45, 2.75) is 39.0 Å². The van der Waals surface area contributed by atoms with Gasteiger partial charge in [0.05, 0.1) is 6.61 Å². The van der Waals surface area contributed by atoms with Crippen LogP contribution in [0.3, 0.4) is 0 Å². The third-order valence-corrected chi connectivity index (χ3v) is 4.99. The predicted molar refractivity (Wildman–Crippen MR) is 101 cm³/mol. The fraction of sp³-hybridized carbons (Fsp3) is 0.476. The van der Waals surface area contributed by atoms with Crippen LogP contribution in [0.15, 0.2) is 40.5 Å². The SMILES string of the molecule is CCOCCOC(=O)C1C(C)=NC2=C(C(=O)CCC2)[C@@H]1c1cccc(O)c1. The highest BCUT2D eigenvalue weighted by Gasteiger charge is 2.43. The summed E-state index contributed by atoms with van der Waals surface area (Å²) in [6, 6.07) is 6.73. The Balaban J connectivity index is 1.98. The van der Waals surface area contributed by atoms with Crippen LogP contribution in [0.25, 0.3) is 0 Å². The van der Waals surface area contributed by atoms with Crippen LogP contribution < -0.4 is 0 Å². The van der Waals surface area contributed by atoms with Crippen molar-refractivity contribution >= 4 is 17.5 Å². The zero-order valence-electron chi connectivity index (χ0n) is 15.7. The Morgan fingerprint density at radius 2 is 2.11 bits per heavy atom. The minimum Gasteiger partial charge on any atom is -0.508 e. The van der Waals surface area contributed by atoms with Gasteiger partial charge in [-0.15, -0.1) is 0 Å². The smallest absolute Gasteiger partial charge is 0.315 e. The molecule has 0 bridgehead atoms. The lowest BCUT2D eigenvalue weighted by molar-refractivity contribution is -0.148. The van der Waals surface area contributed by atoms with E-state index < -0.39 is 17.8 Å². The Kier molecular flexibility index (Phi) is 6.06. The molecule has 1 aromatic carbocycles. The molecule has 6 nitrogen and oxygen atoms in total. The number of rotatable bonds is 6. The molecule has 0 aromatic heterocycles.